The van der Waals surface area contributed by atoms with Crippen molar-refractivity contribution in [2.45, 2.75) is 11.4 Å². The van der Waals surface area contributed by atoms with Gasteiger partial charge in [0.05, 0.1) is 11.6 Å². The Hall–Kier alpha value is -1.13. The van der Waals surface area contributed by atoms with Crippen molar-refractivity contribution in [1.29, 1.82) is 0 Å². The summed E-state index contributed by atoms with van der Waals surface area (Å²) in [6.45, 7) is 0.813. The molecule has 0 atom stereocenters. The van der Waals surface area contributed by atoms with E-state index in [1.165, 1.54) is 10.5 Å². The van der Waals surface area contributed by atoms with E-state index in [9.17, 15) is 0 Å². The maximum atomic E-state index is 5.21. The van der Waals surface area contributed by atoms with Crippen LogP contribution in [0.1, 0.15) is 5.56 Å². The number of anilines is 1. The SMILES string of the molecule is COc1ccc(NCc2ccc(SC)cc2)cc1Br. The molecular formula is C15H16BrNOS. The predicted molar refractivity (Wildman–Crippen MR) is 86.2 cm³/mol. The molecule has 0 aliphatic rings. The summed E-state index contributed by atoms with van der Waals surface area (Å²) in [4.78, 5) is 1.29. The molecule has 0 aliphatic heterocycles. The molecule has 0 spiro atoms. The zero-order valence-corrected chi connectivity index (χ0v) is 13.3. The van der Waals surface area contributed by atoms with E-state index >= 15 is 0 Å². The fourth-order valence-corrected chi connectivity index (χ4v) is 2.67. The summed E-state index contributed by atoms with van der Waals surface area (Å²) in [7, 11) is 1.67. The number of hydrogen-bond acceptors (Lipinski definition) is 3. The van der Waals surface area contributed by atoms with Crippen molar-refractivity contribution >= 4 is 33.4 Å². The summed E-state index contributed by atoms with van der Waals surface area (Å²) >= 11 is 5.24. The molecule has 2 aromatic carbocycles. The first-order valence-electron chi connectivity index (χ1n) is 5.93. The highest BCUT2D eigenvalue weighted by Gasteiger charge is 2.01. The molecule has 4 heteroatoms. The van der Waals surface area contributed by atoms with Crippen LogP contribution in [0.5, 0.6) is 5.75 Å². The highest BCUT2D eigenvalue weighted by Crippen LogP contribution is 2.28. The molecule has 0 heterocycles. The lowest BCUT2D eigenvalue weighted by molar-refractivity contribution is 0.412. The first-order chi connectivity index (χ1) is 9.22. The molecule has 0 saturated heterocycles. The van der Waals surface area contributed by atoms with Gasteiger partial charge in [-0.15, -0.1) is 11.8 Å². The predicted octanol–water partition coefficient (Wildman–Crippen LogP) is 4.79. The normalized spacial score (nSPS) is 10.3. The Labute approximate surface area is 126 Å². The van der Waals surface area contributed by atoms with Gasteiger partial charge in [0.15, 0.2) is 0 Å². The van der Waals surface area contributed by atoms with Crippen LogP contribution in [0, 0.1) is 0 Å². The Kier molecular flexibility index (Phi) is 5.16. The first kappa shape index (κ1) is 14.3. The van der Waals surface area contributed by atoms with E-state index in [0.29, 0.717) is 0 Å². The van der Waals surface area contributed by atoms with Crippen molar-refractivity contribution in [1.82, 2.24) is 0 Å². The van der Waals surface area contributed by atoms with Crippen molar-refractivity contribution in [2.75, 3.05) is 18.7 Å². The number of hydrogen-bond donors (Lipinski definition) is 1. The molecule has 2 rings (SSSR count). The third-order valence-electron chi connectivity index (χ3n) is 2.81. The van der Waals surface area contributed by atoms with Gasteiger partial charge in [-0.1, -0.05) is 12.1 Å². The van der Waals surface area contributed by atoms with E-state index in [4.69, 9.17) is 4.74 Å². The van der Waals surface area contributed by atoms with Crippen LogP contribution in [0.25, 0.3) is 0 Å². The number of rotatable bonds is 5. The van der Waals surface area contributed by atoms with Gasteiger partial charge in [0.25, 0.3) is 0 Å². The topological polar surface area (TPSA) is 21.3 Å². The van der Waals surface area contributed by atoms with Gasteiger partial charge in [-0.05, 0) is 58.1 Å². The second-order valence-corrected chi connectivity index (χ2v) is 5.78. The lowest BCUT2D eigenvalue weighted by atomic mass is 10.2. The fourth-order valence-electron chi connectivity index (χ4n) is 1.72. The summed E-state index contributed by atoms with van der Waals surface area (Å²) in [6.07, 6.45) is 2.09. The summed E-state index contributed by atoms with van der Waals surface area (Å²) in [6, 6.07) is 14.6. The van der Waals surface area contributed by atoms with Crippen molar-refractivity contribution in [3.8, 4) is 5.75 Å². The van der Waals surface area contributed by atoms with Crippen molar-refractivity contribution in [3.05, 3.63) is 52.5 Å². The molecule has 19 heavy (non-hydrogen) atoms. The van der Waals surface area contributed by atoms with Crippen LogP contribution >= 0.6 is 27.7 Å². The zero-order chi connectivity index (χ0) is 13.7. The Bertz CT molecular complexity index is 542. The number of halogens is 1. The molecule has 1 N–H and O–H groups in total. The minimum Gasteiger partial charge on any atom is -0.496 e. The second kappa shape index (κ2) is 6.87. The third-order valence-corrected chi connectivity index (χ3v) is 4.17. The van der Waals surface area contributed by atoms with Crippen LogP contribution in [-0.2, 0) is 6.54 Å². The van der Waals surface area contributed by atoms with E-state index in [0.717, 1.165) is 22.5 Å². The second-order valence-electron chi connectivity index (χ2n) is 4.05. The molecule has 0 bridgehead atoms. The highest BCUT2D eigenvalue weighted by molar-refractivity contribution is 9.10. The van der Waals surface area contributed by atoms with Gasteiger partial charge in [-0.25, -0.2) is 0 Å². The van der Waals surface area contributed by atoms with Gasteiger partial charge in [0.1, 0.15) is 5.75 Å². The summed E-state index contributed by atoms with van der Waals surface area (Å²) in [5.41, 5.74) is 2.34. The first-order valence-corrected chi connectivity index (χ1v) is 7.95. The van der Waals surface area contributed by atoms with E-state index in [1.54, 1.807) is 18.9 Å². The molecule has 2 nitrogen and oxygen atoms in total. The smallest absolute Gasteiger partial charge is 0.133 e. The minimum atomic E-state index is 0.813. The Morgan fingerprint density at radius 2 is 1.89 bits per heavy atom. The number of benzene rings is 2. The van der Waals surface area contributed by atoms with Gasteiger partial charge in [-0.2, -0.15) is 0 Å². The quantitative estimate of drug-likeness (QED) is 0.792. The monoisotopic (exact) mass is 337 g/mol. The van der Waals surface area contributed by atoms with Gasteiger partial charge in [0.2, 0.25) is 0 Å². The van der Waals surface area contributed by atoms with Crippen molar-refractivity contribution in [3.63, 3.8) is 0 Å². The number of thioether (sulfide) groups is 1. The molecule has 0 radical (unpaired) electrons. The van der Waals surface area contributed by atoms with E-state index in [1.807, 2.05) is 18.2 Å². The molecule has 0 aliphatic carbocycles. The van der Waals surface area contributed by atoms with Crippen molar-refractivity contribution < 1.29 is 4.74 Å². The van der Waals surface area contributed by atoms with Crippen LogP contribution in [0.4, 0.5) is 5.69 Å². The fraction of sp³-hybridized carbons (Fsp3) is 0.200. The van der Waals surface area contributed by atoms with E-state index in [-0.39, 0.29) is 0 Å². The lowest BCUT2D eigenvalue weighted by Gasteiger charge is -2.09. The molecule has 0 amide bonds. The molecule has 100 valence electrons. The standard InChI is InChI=1S/C15H16BrNOS/c1-18-15-8-5-12(9-14(15)16)17-10-11-3-6-13(19-2)7-4-11/h3-9,17H,10H2,1-2H3. The van der Waals surface area contributed by atoms with Gasteiger partial charge >= 0.3 is 0 Å². The average molecular weight is 338 g/mol. The molecule has 0 aromatic heterocycles. The Balaban J connectivity index is 1.99. The maximum Gasteiger partial charge on any atom is 0.133 e. The Morgan fingerprint density at radius 1 is 1.16 bits per heavy atom. The third kappa shape index (κ3) is 3.91. The number of methoxy groups -OCH3 is 1. The zero-order valence-electron chi connectivity index (χ0n) is 10.9. The number of nitrogens with one attached hydrogen (secondary N) is 1. The van der Waals surface area contributed by atoms with Crippen molar-refractivity contribution in [2.24, 2.45) is 0 Å². The van der Waals surface area contributed by atoms with Crippen LogP contribution in [-0.4, -0.2) is 13.4 Å². The largest absolute Gasteiger partial charge is 0.496 e. The van der Waals surface area contributed by atoms with Gasteiger partial charge in [0, 0.05) is 17.1 Å². The van der Waals surface area contributed by atoms with Crippen LogP contribution < -0.4 is 10.1 Å². The summed E-state index contributed by atoms with van der Waals surface area (Å²) in [5.74, 6) is 0.842. The minimum absolute atomic E-state index is 0.813. The van der Waals surface area contributed by atoms with Crippen LogP contribution in [0.15, 0.2) is 51.8 Å². The molecule has 0 saturated carbocycles. The average Bonchev–Trinajstić information content (AvgIpc) is 2.46. The lowest BCUT2D eigenvalue weighted by Crippen LogP contribution is -1.99. The van der Waals surface area contributed by atoms with E-state index in [2.05, 4.69) is 51.8 Å². The van der Waals surface area contributed by atoms with E-state index < -0.39 is 0 Å². The molecule has 2 aromatic rings. The Morgan fingerprint density at radius 3 is 2.47 bits per heavy atom. The summed E-state index contributed by atoms with van der Waals surface area (Å²) < 4.78 is 6.17. The van der Waals surface area contributed by atoms with Gasteiger partial charge < -0.3 is 10.1 Å². The molecule has 0 fully saturated rings. The summed E-state index contributed by atoms with van der Waals surface area (Å²) in [5, 5.41) is 3.40. The van der Waals surface area contributed by atoms with Crippen LogP contribution in [0.3, 0.4) is 0 Å². The maximum absolute atomic E-state index is 5.21. The van der Waals surface area contributed by atoms with Crippen LogP contribution in [0.2, 0.25) is 0 Å². The number of ether oxygens (including phenoxy) is 1. The highest BCUT2D eigenvalue weighted by atomic mass is 79.9. The molecule has 0 unspecified atom stereocenters. The van der Waals surface area contributed by atoms with Gasteiger partial charge in [-0.3, -0.25) is 0 Å². The molecular weight excluding hydrogens is 322 g/mol.